The summed E-state index contributed by atoms with van der Waals surface area (Å²) in [6.07, 6.45) is 0.969. The van der Waals surface area contributed by atoms with Gasteiger partial charge in [0.1, 0.15) is 5.75 Å². The summed E-state index contributed by atoms with van der Waals surface area (Å²) < 4.78 is 5.20. The highest BCUT2D eigenvalue weighted by Crippen LogP contribution is 2.21. The SMILES string of the molecule is CN=C(NCCNC(=O)c1ccccc1Cl)NCCC(C)c1ccc(OC)cc1.I. The molecule has 1 atom stereocenters. The lowest BCUT2D eigenvalue weighted by Crippen LogP contribution is -2.42. The van der Waals surface area contributed by atoms with Crippen LogP contribution in [0.3, 0.4) is 0 Å². The molecule has 164 valence electrons. The third kappa shape index (κ3) is 8.39. The summed E-state index contributed by atoms with van der Waals surface area (Å²) in [5.41, 5.74) is 1.75. The Labute approximate surface area is 200 Å². The maximum absolute atomic E-state index is 12.1. The molecule has 0 spiro atoms. The largest absolute Gasteiger partial charge is 0.497 e. The van der Waals surface area contributed by atoms with Crippen LogP contribution in [-0.2, 0) is 0 Å². The van der Waals surface area contributed by atoms with Crippen LogP contribution in [0, 0.1) is 0 Å². The average molecular weight is 545 g/mol. The van der Waals surface area contributed by atoms with Crippen molar-refractivity contribution in [1.82, 2.24) is 16.0 Å². The van der Waals surface area contributed by atoms with Gasteiger partial charge < -0.3 is 20.7 Å². The number of halogens is 2. The highest BCUT2D eigenvalue weighted by atomic mass is 127. The molecule has 6 nitrogen and oxygen atoms in total. The first-order chi connectivity index (χ1) is 14.0. The summed E-state index contributed by atoms with van der Waals surface area (Å²) in [6, 6.07) is 15.1. The molecule has 2 aromatic rings. The van der Waals surface area contributed by atoms with Crippen molar-refractivity contribution in [3.63, 3.8) is 0 Å². The van der Waals surface area contributed by atoms with Crippen molar-refractivity contribution in [3.05, 3.63) is 64.7 Å². The molecular formula is C22H30ClIN4O2. The molecule has 0 saturated carbocycles. The van der Waals surface area contributed by atoms with Gasteiger partial charge in [0.05, 0.1) is 17.7 Å². The number of rotatable bonds is 9. The van der Waals surface area contributed by atoms with Gasteiger partial charge >= 0.3 is 0 Å². The Kier molecular flexibility index (Phi) is 12.2. The third-order valence-electron chi connectivity index (χ3n) is 4.60. The van der Waals surface area contributed by atoms with E-state index >= 15 is 0 Å². The van der Waals surface area contributed by atoms with Crippen LogP contribution in [0.1, 0.15) is 35.2 Å². The molecule has 0 bridgehead atoms. The van der Waals surface area contributed by atoms with Crippen LogP contribution in [-0.4, -0.2) is 45.7 Å². The number of hydrogen-bond acceptors (Lipinski definition) is 3. The lowest BCUT2D eigenvalue weighted by molar-refractivity contribution is 0.0954. The second-order valence-corrected chi connectivity index (χ2v) is 7.03. The molecule has 0 aliphatic carbocycles. The summed E-state index contributed by atoms with van der Waals surface area (Å²) >= 11 is 6.04. The molecule has 3 N–H and O–H groups in total. The number of nitrogens with zero attached hydrogens (tertiary/aromatic N) is 1. The molecule has 0 aliphatic heterocycles. The number of carbonyl (C=O) groups is 1. The van der Waals surface area contributed by atoms with Crippen molar-refractivity contribution < 1.29 is 9.53 Å². The van der Waals surface area contributed by atoms with Gasteiger partial charge in [-0.05, 0) is 42.2 Å². The van der Waals surface area contributed by atoms with Crippen LogP contribution in [0.5, 0.6) is 5.75 Å². The van der Waals surface area contributed by atoms with Crippen LogP contribution in [0.25, 0.3) is 0 Å². The van der Waals surface area contributed by atoms with Crippen LogP contribution in [0.2, 0.25) is 5.02 Å². The smallest absolute Gasteiger partial charge is 0.252 e. The molecule has 0 radical (unpaired) electrons. The summed E-state index contributed by atoms with van der Waals surface area (Å²) in [5.74, 6) is 1.80. The molecule has 30 heavy (non-hydrogen) atoms. The molecular weight excluding hydrogens is 515 g/mol. The van der Waals surface area contributed by atoms with Gasteiger partial charge in [-0.25, -0.2) is 0 Å². The van der Waals surface area contributed by atoms with E-state index in [0.29, 0.717) is 35.6 Å². The second-order valence-electron chi connectivity index (χ2n) is 6.62. The van der Waals surface area contributed by atoms with E-state index in [1.807, 2.05) is 12.1 Å². The second kappa shape index (κ2) is 14.1. The minimum atomic E-state index is -0.186. The summed E-state index contributed by atoms with van der Waals surface area (Å²) in [7, 11) is 3.40. The topological polar surface area (TPSA) is 74.8 Å². The van der Waals surface area contributed by atoms with E-state index in [2.05, 4.69) is 40.0 Å². The minimum absolute atomic E-state index is 0. The summed E-state index contributed by atoms with van der Waals surface area (Å²) in [6.45, 7) is 4.01. The molecule has 0 fully saturated rings. The van der Waals surface area contributed by atoms with Crippen molar-refractivity contribution in [1.29, 1.82) is 0 Å². The van der Waals surface area contributed by atoms with E-state index in [4.69, 9.17) is 16.3 Å². The van der Waals surface area contributed by atoms with Gasteiger partial charge in [-0.3, -0.25) is 9.79 Å². The number of nitrogens with one attached hydrogen (secondary N) is 3. The van der Waals surface area contributed by atoms with E-state index in [1.54, 1.807) is 38.4 Å². The Hall–Kier alpha value is -2.00. The van der Waals surface area contributed by atoms with Crippen molar-refractivity contribution in [2.45, 2.75) is 19.3 Å². The third-order valence-corrected chi connectivity index (χ3v) is 4.93. The van der Waals surface area contributed by atoms with Crippen LogP contribution in [0.15, 0.2) is 53.5 Å². The van der Waals surface area contributed by atoms with Crippen LogP contribution >= 0.6 is 35.6 Å². The highest BCUT2D eigenvalue weighted by Gasteiger charge is 2.09. The van der Waals surface area contributed by atoms with Gasteiger partial charge in [0.25, 0.3) is 5.91 Å². The number of aliphatic imine (C=N–C) groups is 1. The maximum Gasteiger partial charge on any atom is 0.252 e. The number of methoxy groups -OCH3 is 1. The zero-order valence-corrected chi connectivity index (χ0v) is 20.7. The van der Waals surface area contributed by atoms with Gasteiger partial charge in [-0.2, -0.15) is 0 Å². The molecule has 0 saturated heterocycles. The molecule has 8 heteroatoms. The van der Waals surface area contributed by atoms with E-state index in [-0.39, 0.29) is 29.9 Å². The fraction of sp³-hybridized carbons (Fsp3) is 0.364. The standard InChI is InChI=1S/C22H29ClN4O2.HI/c1-16(17-8-10-18(29-3)11-9-17)12-13-26-22(24-2)27-15-14-25-21(28)19-6-4-5-7-20(19)23;/h4-11,16H,12-15H2,1-3H3,(H,25,28)(H2,24,26,27);1H. The Morgan fingerprint density at radius 1 is 1.03 bits per heavy atom. The van der Waals surface area contributed by atoms with Gasteiger partial charge in [-0.1, -0.05) is 42.8 Å². The predicted molar refractivity (Wildman–Crippen MR) is 135 cm³/mol. The molecule has 1 unspecified atom stereocenters. The first-order valence-corrected chi connectivity index (χ1v) is 10.0. The first-order valence-electron chi connectivity index (χ1n) is 9.66. The minimum Gasteiger partial charge on any atom is -0.497 e. The van der Waals surface area contributed by atoms with Gasteiger partial charge in [0, 0.05) is 26.7 Å². The van der Waals surface area contributed by atoms with Crippen LogP contribution < -0.4 is 20.7 Å². The maximum atomic E-state index is 12.1. The van der Waals surface area contributed by atoms with Crippen molar-refractivity contribution in [2.75, 3.05) is 33.8 Å². The van der Waals surface area contributed by atoms with Crippen molar-refractivity contribution in [3.8, 4) is 5.75 Å². The zero-order valence-electron chi connectivity index (χ0n) is 17.6. The predicted octanol–water partition coefficient (Wildman–Crippen LogP) is 4.06. The van der Waals surface area contributed by atoms with Crippen LogP contribution in [0.4, 0.5) is 0 Å². The number of ether oxygens (including phenoxy) is 1. The number of hydrogen-bond donors (Lipinski definition) is 3. The van der Waals surface area contributed by atoms with Gasteiger partial charge in [-0.15, -0.1) is 24.0 Å². The Balaban J connectivity index is 0.00000450. The molecule has 0 aromatic heterocycles. The molecule has 1 amide bonds. The summed E-state index contributed by atoms with van der Waals surface area (Å²) in [5, 5.41) is 9.79. The molecule has 2 rings (SSSR count). The monoisotopic (exact) mass is 544 g/mol. The van der Waals surface area contributed by atoms with Crippen molar-refractivity contribution in [2.24, 2.45) is 4.99 Å². The number of carbonyl (C=O) groups excluding carboxylic acids is 1. The number of benzene rings is 2. The fourth-order valence-electron chi connectivity index (χ4n) is 2.82. The average Bonchev–Trinajstić information content (AvgIpc) is 2.75. The fourth-order valence-corrected chi connectivity index (χ4v) is 3.05. The lowest BCUT2D eigenvalue weighted by atomic mass is 9.98. The van der Waals surface area contributed by atoms with Gasteiger partial charge in [0.2, 0.25) is 0 Å². The van der Waals surface area contributed by atoms with E-state index < -0.39 is 0 Å². The molecule has 0 heterocycles. The lowest BCUT2D eigenvalue weighted by Gasteiger charge is -2.16. The Morgan fingerprint density at radius 2 is 1.67 bits per heavy atom. The Bertz CT molecular complexity index is 815. The Morgan fingerprint density at radius 3 is 2.30 bits per heavy atom. The molecule has 0 aliphatic rings. The molecule has 2 aromatic carbocycles. The normalized spacial score (nSPS) is 11.8. The highest BCUT2D eigenvalue weighted by molar-refractivity contribution is 14.0. The summed E-state index contributed by atoms with van der Waals surface area (Å²) in [4.78, 5) is 16.3. The first kappa shape index (κ1) is 26.0. The van der Waals surface area contributed by atoms with E-state index in [1.165, 1.54) is 5.56 Å². The number of amides is 1. The van der Waals surface area contributed by atoms with E-state index in [0.717, 1.165) is 18.7 Å². The van der Waals surface area contributed by atoms with E-state index in [9.17, 15) is 4.79 Å². The number of guanidine groups is 1. The zero-order chi connectivity index (χ0) is 21.1. The quantitative estimate of drug-likeness (QED) is 0.193. The van der Waals surface area contributed by atoms with Crippen molar-refractivity contribution >= 4 is 47.4 Å². The van der Waals surface area contributed by atoms with Gasteiger partial charge in [0.15, 0.2) is 5.96 Å².